The molecule has 0 aromatic heterocycles. The van der Waals surface area contributed by atoms with E-state index in [1.165, 1.54) is 0 Å². The van der Waals surface area contributed by atoms with Crippen LogP contribution in [0.3, 0.4) is 0 Å². The van der Waals surface area contributed by atoms with Gasteiger partial charge in [-0.3, -0.25) is 0 Å². The summed E-state index contributed by atoms with van der Waals surface area (Å²) in [5.41, 5.74) is -0.897. The molecule has 1 aromatic carbocycles. The molecule has 0 saturated carbocycles. The molecule has 0 bridgehead atoms. The Balaban J connectivity index is 2.90. The Kier molecular flexibility index (Phi) is 4.84. The minimum absolute atomic E-state index is 0.0956. The van der Waals surface area contributed by atoms with Crippen molar-refractivity contribution in [3.63, 3.8) is 0 Å². The summed E-state index contributed by atoms with van der Waals surface area (Å²) in [4.78, 5) is 0. The van der Waals surface area contributed by atoms with Gasteiger partial charge in [0.25, 0.3) is 0 Å². The van der Waals surface area contributed by atoms with E-state index in [0.717, 1.165) is 0 Å². The summed E-state index contributed by atoms with van der Waals surface area (Å²) in [7, 11) is 3.14. The van der Waals surface area contributed by atoms with Gasteiger partial charge >= 0.3 is 0 Å². The van der Waals surface area contributed by atoms with Gasteiger partial charge in [0.2, 0.25) is 5.75 Å². The third-order valence-electron chi connectivity index (χ3n) is 3.14. The lowest BCUT2D eigenvalue weighted by molar-refractivity contribution is -0.0277. The molecule has 18 heavy (non-hydrogen) atoms. The molecular formula is C14H22O4. The third kappa shape index (κ3) is 3.29. The average Bonchev–Trinajstić information content (AvgIpc) is 2.35. The van der Waals surface area contributed by atoms with Crippen LogP contribution >= 0.6 is 0 Å². The zero-order valence-electron chi connectivity index (χ0n) is 11.7. The van der Waals surface area contributed by atoms with E-state index in [2.05, 4.69) is 0 Å². The molecule has 4 nitrogen and oxygen atoms in total. The van der Waals surface area contributed by atoms with Gasteiger partial charge in [0.1, 0.15) is 6.61 Å². The number of rotatable bonds is 6. The van der Waals surface area contributed by atoms with E-state index in [4.69, 9.17) is 14.2 Å². The Morgan fingerprint density at radius 2 is 1.67 bits per heavy atom. The van der Waals surface area contributed by atoms with Gasteiger partial charge < -0.3 is 19.3 Å². The van der Waals surface area contributed by atoms with Crippen molar-refractivity contribution in [2.75, 3.05) is 20.8 Å². The maximum absolute atomic E-state index is 10.2. The maximum atomic E-state index is 10.2. The highest BCUT2D eigenvalue weighted by Crippen LogP contribution is 2.37. The quantitative estimate of drug-likeness (QED) is 0.847. The van der Waals surface area contributed by atoms with Crippen LogP contribution in [0.1, 0.15) is 20.8 Å². The predicted octanol–water partition coefficient (Wildman–Crippen LogP) is 2.49. The maximum Gasteiger partial charge on any atom is 0.203 e. The summed E-state index contributed by atoms with van der Waals surface area (Å²) < 4.78 is 16.1. The topological polar surface area (TPSA) is 47.9 Å². The number of hydrogen-bond acceptors (Lipinski definition) is 4. The number of benzene rings is 1. The first-order chi connectivity index (χ1) is 8.42. The van der Waals surface area contributed by atoms with Gasteiger partial charge in [-0.25, -0.2) is 0 Å². The van der Waals surface area contributed by atoms with Crippen molar-refractivity contribution in [2.24, 2.45) is 5.92 Å². The van der Waals surface area contributed by atoms with E-state index in [-0.39, 0.29) is 12.5 Å². The van der Waals surface area contributed by atoms with E-state index in [1.807, 2.05) is 19.9 Å². The minimum atomic E-state index is -0.897. The number of para-hydroxylation sites is 1. The lowest BCUT2D eigenvalue weighted by Gasteiger charge is -2.28. The van der Waals surface area contributed by atoms with E-state index in [0.29, 0.717) is 17.2 Å². The van der Waals surface area contributed by atoms with E-state index in [9.17, 15) is 5.11 Å². The molecule has 1 unspecified atom stereocenters. The van der Waals surface area contributed by atoms with E-state index >= 15 is 0 Å². The molecule has 0 aliphatic heterocycles. The van der Waals surface area contributed by atoms with Crippen LogP contribution in [0.2, 0.25) is 0 Å². The average molecular weight is 254 g/mol. The van der Waals surface area contributed by atoms with Crippen molar-refractivity contribution >= 4 is 0 Å². The van der Waals surface area contributed by atoms with Gasteiger partial charge in [0.15, 0.2) is 11.5 Å². The Morgan fingerprint density at radius 3 is 2.06 bits per heavy atom. The summed E-state index contributed by atoms with van der Waals surface area (Å²) in [5, 5.41) is 10.2. The van der Waals surface area contributed by atoms with Gasteiger partial charge in [-0.2, -0.15) is 0 Å². The second-order valence-electron chi connectivity index (χ2n) is 4.79. The zero-order chi connectivity index (χ0) is 13.8. The highest BCUT2D eigenvalue weighted by atomic mass is 16.5. The zero-order valence-corrected chi connectivity index (χ0v) is 11.7. The normalized spacial score (nSPS) is 14.2. The standard InChI is InChI=1S/C14H22O4/c1-10(2)14(3,15)9-18-13-11(16-4)7-6-8-12(13)17-5/h6-8,10,15H,9H2,1-5H3. The van der Waals surface area contributed by atoms with Crippen LogP contribution in [0.15, 0.2) is 18.2 Å². The van der Waals surface area contributed by atoms with Crippen LogP contribution in [0.5, 0.6) is 17.2 Å². The SMILES string of the molecule is COc1cccc(OC)c1OCC(C)(O)C(C)C. The highest BCUT2D eigenvalue weighted by molar-refractivity contribution is 5.51. The Bertz CT molecular complexity index is 363. The molecule has 1 atom stereocenters. The van der Waals surface area contributed by atoms with Crippen molar-refractivity contribution in [3.05, 3.63) is 18.2 Å². The lowest BCUT2D eigenvalue weighted by atomic mass is 9.94. The molecule has 0 saturated heterocycles. The number of hydrogen-bond donors (Lipinski definition) is 1. The van der Waals surface area contributed by atoms with Crippen molar-refractivity contribution < 1.29 is 19.3 Å². The van der Waals surface area contributed by atoms with Crippen molar-refractivity contribution in [1.82, 2.24) is 0 Å². The molecule has 0 aliphatic rings. The Labute approximate surface area is 108 Å². The molecule has 1 N–H and O–H groups in total. The molecule has 0 aliphatic carbocycles. The molecule has 4 heteroatoms. The summed E-state index contributed by atoms with van der Waals surface area (Å²) in [6, 6.07) is 5.41. The predicted molar refractivity (Wildman–Crippen MR) is 70.5 cm³/mol. The molecule has 102 valence electrons. The summed E-state index contributed by atoms with van der Waals surface area (Å²) in [6.45, 7) is 5.83. The Morgan fingerprint density at radius 1 is 1.17 bits per heavy atom. The first kappa shape index (κ1) is 14.6. The second-order valence-corrected chi connectivity index (χ2v) is 4.79. The molecule has 0 radical (unpaired) electrons. The largest absolute Gasteiger partial charge is 0.493 e. The van der Waals surface area contributed by atoms with Crippen molar-refractivity contribution in [2.45, 2.75) is 26.4 Å². The van der Waals surface area contributed by atoms with Crippen LogP contribution < -0.4 is 14.2 Å². The van der Waals surface area contributed by atoms with E-state index < -0.39 is 5.60 Å². The Hall–Kier alpha value is -1.42. The fourth-order valence-electron chi connectivity index (χ4n) is 1.34. The summed E-state index contributed by atoms with van der Waals surface area (Å²) >= 11 is 0. The van der Waals surface area contributed by atoms with Crippen LogP contribution in [0.25, 0.3) is 0 Å². The van der Waals surface area contributed by atoms with E-state index in [1.54, 1.807) is 33.3 Å². The van der Waals surface area contributed by atoms with Gasteiger partial charge in [-0.05, 0) is 25.0 Å². The first-order valence-corrected chi connectivity index (χ1v) is 5.98. The number of methoxy groups -OCH3 is 2. The number of ether oxygens (including phenoxy) is 3. The summed E-state index contributed by atoms with van der Waals surface area (Å²) in [5.74, 6) is 1.80. The molecule has 1 aromatic rings. The van der Waals surface area contributed by atoms with Crippen molar-refractivity contribution in [3.8, 4) is 17.2 Å². The van der Waals surface area contributed by atoms with Crippen molar-refractivity contribution in [1.29, 1.82) is 0 Å². The third-order valence-corrected chi connectivity index (χ3v) is 3.14. The second kappa shape index (κ2) is 5.96. The van der Waals surface area contributed by atoms with Gasteiger partial charge in [-0.1, -0.05) is 19.9 Å². The molecule has 0 fully saturated rings. The van der Waals surface area contributed by atoms with Crippen LogP contribution in [0.4, 0.5) is 0 Å². The number of aliphatic hydroxyl groups is 1. The summed E-state index contributed by atoms with van der Waals surface area (Å²) in [6.07, 6.45) is 0. The molecule has 0 heterocycles. The fraction of sp³-hybridized carbons (Fsp3) is 0.571. The molecule has 1 rings (SSSR count). The van der Waals surface area contributed by atoms with Gasteiger partial charge in [-0.15, -0.1) is 0 Å². The van der Waals surface area contributed by atoms with Crippen LogP contribution in [0, 0.1) is 5.92 Å². The highest BCUT2D eigenvalue weighted by Gasteiger charge is 2.27. The minimum Gasteiger partial charge on any atom is -0.493 e. The van der Waals surface area contributed by atoms with Gasteiger partial charge in [0.05, 0.1) is 19.8 Å². The molecular weight excluding hydrogens is 232 g/mol. The fourth-order valence-corrected chi connectivity index (χ4v) is 1.34. The van der Waals surface area contributed by atoms with Crippen LogP contribution in [-0.2, 0) is 0 Å². The smallest absolute Gasteiger partial charge is 0.203 e. The monoisotopic (exact) mass is 254 g/mol. The van der Waals surface area contributed by atoms with Gasteiger partial charge in [0, 0.05) is 0 Å². The molecule has 0 amide bonds. The lowest BCUT2D eigenvalue weighted by Crippen LogP contribution is -2.37. The molecule has 0 spiro atoms. The first-order valence-electron chi connectivity index (χ1n) is 5.98. The van der Waals surface area contributed by atoms with Crippen LogP contribution in [-0.4, -0.2) is 31.5 Å².